The van der Waals surface area contributed by atoms with Gasteiger partial charge in [0.25, 0.3) is 0 Å². The van der Waals surface area contributed by atoms with Crippen LogP contribution >= 0.6 is 0 Å². The van der Waals surface area contributed by atoms with E-state index in [4.69, 9.17) is 4.74 Å². The highest BCUT2D eigenvalue weighted by molar-refractivity contribution is 5.94. The quantitative estimate of drug-likeness (QED) is 0.873. The second-order valence-electron chi connectivity index (χ2n) is 4.84. The van der Waals surface area contributed by atoms with Gasteiger partial charge >= 0.3 is 0 Å². The molecule has 0 aromatic heterocycles. The van der Waals surface area contributed by atoms with Crippen molar-refractivity contribution in [3.8, 4) is 0 Å². The van der Waals surface area contributed by atoms with Crippen LogP contribution in [-0.2, 0) is 9.53 Å². The minimum atomic E-state index is -0.513. The van der Waals surface area contributed by atoms with Crippen molar-refractivity contribution in [2.45, 2.75) is 41.5 Å². The van der Waals surface area contributed by atoms with E-state index >= 15 is 0 Å². The Balaban J connectivity index is 0.00000154. The maximum Gasteiger partial charge on any atom is 0.232 e. The average molecular weight is 265 g/mol. The van der Waals surface area contributed by atoms with E-state index in [1.807, 2.05) is 65.8 Å². The van der Waals surface area contributed by atoms with Crippen molar-refractivity contribution in [2.75, 3.05) is 18.5 Å². The molecule has 1 aromatic carbocycles. The Labute approximate surface area is 117 Å². The number of amides is 1. The molecule has 0 atom stereocenters. The summed E-state index contributed by atoms with van der Waals surface area (Å²) in [5.41, 5.74) is 1.49. The Kier molecular flexibility index (Phi) is 8.08. The lowest BCUT2D eigenvalue weighted by Gasteiger charge is -2.23. The van der Waals surface area contributed by atoms with E-state index in [2.05, 4.69) is 5.32 Å². The second kappa shape index (κ2) is 8.70. The van der Waals surface area contributed by atoms with Crippen LogP contribution in [0.3, 0.4) is 0 Å². The van der Waals surface area contributed by atoms with E-state index in [0.717, 1.165) is 5.69 Å². The van der Waals surface area contributed by atoms with Crippen LogP contribution in [0.4, 0.5) is 5.69 Å². The maximum absolute atomic E-state index is 12.0. The number of anilines is 1. The molecule has 3 nitrogen and oxygen atoms in total. The van der Waals surface area contributed by atoms with Gasteiger partial charge in [-0.1, -0.05) is 31.5 Å². The first kappa shape index (κ1) is 17.6. The molecule has 3 heteroatoms. The third-order valence-corrected chi connectivity index (χ3v) is 2.59. The minimum absolute atomic E-state index is 0.0187. The van der Waals surface area contributed by atoms with E-state index in [1.165, 1.54) is 5.56 Å². The molecule has 0 saturated carbocycles. The lowest BCUT2D eigenvalue weighted by molar-refractivity contribution is -0.126. The van der Waals surface area contributed by atoms with Crippen LogP contribution in [0.2, 0.25) is 0 Å². The number of hydrogen-bond acceptors (Lipinski definition) is 2. The summed E-state index contributed by atoms with van der Waals surface area (Å²) in [5, 5.41) is 2.90. The number of ether oxygens (including phenoxy) is 1. The van der Waals surface area contributed by atoms with Gasteiger partial charge in [-0.05, 0) is 39.8 Å². The molecular formula is C16H27NO2. The number of nitrogens with one attached hydrogen (secondary N) is 1. The number of hydrogen-bond donors (Lipinski definition) is 1. The molecule has 0 fully saturated rings. The fraction of sp³-hybridized carbons (Fsp3) is 0.562. The molecule has 0 aliphatic carbocycles. The maximum atomic E-state index is 12.0. The number of rotatable bonds is 5. The summed E-state index contributed by atoms with van der Waals surface area (Å²) in [6.07, 6.45) is 0. The van der Waals surface area contributed by atoms with E-state index in [9.17, 15) is 4.79 Å². The SMILES string of the molecule is CC.CCOCC(C)(C)C(=O)Nc1ccc(C)cc1. The molecule has 0 bridgehead atoms. The predicted molar refractivity (Wildman–Crippen MR) is 81.4 cm³/mol. The molecule has 1 aromatic rings. The van der Waals surface area contributed by atoms with Gasteiger partial charge in [0, 0.05) is 12.3 Å². The first-order valence-corrected chi connectivity index (χ1v) is 6.91. The molecule has 0 spiro atoms. The van der Waals surface area contributed by atoms with Gasteiger partial charge in [-0.3, -0.25) is 4.79 Å². The van der Waals surface area contributed by atoms with Gasteiger partial charge in [-0.25, -0.2) is 0 Å². The summed E-state index contributed by atoms with van der Waals surface area (Å²) >= 11 is 0. The van der Waals surface area contributed by atoms with Gasteiger partial charge < -0.3 is 10.1 Å². The number of aryl methyl sites for hydroxylation is 1. The summed E-state index contributed by atoms with van der Waals surface area (Å²) in [5.74, 6) is -0.0187. The van der Waals surface area contributed by atoms with Crippen LogP contribution in [-0.4, -0.2) is 19.1 Å². The first-order chi connectivity index (χ1) is 8.95. The summed E-state index contributed by atoms with van der Waals surface area (Å²) in [6, 6.07) is 7.77. The molecule has 0 unspecified atom stereocenters. The van der Waals surface area contributed by atoms with Crippen molar-refractivity contribution in [1.82, 2.24) is 0 Å². The van der Waals surface area contributed by atoms with Gasteiger partial charge in [0.05, 0.1) is 12.0 Å². The second-order valence-corrected chi connectivity index (χ2v) is 4.84. The highest BCUT2D eigenvalue weighted by Crippen LogP contribution is 2.19. The average Bonchev–Trinajstić information content (AvgIpc) is 2.41. The molecular weight excluding hydrogens is 238 g/mol. The molecule has 1 amide bonds. The topological polar surface area (TPSA) is 38.3 Å². The monoisotopic (exact) mass is 265 g/mol. The molecule has 0 aliphatic heterocycles. The zero-order valence-electron chi connectivity index (χ0n) is 13.0. The van der Waals surface area contributed by atoms with Crippen LogP contribution in [0.15, 0.2) is 24.3 Å². The Morgan fingerprint density at radius 1 is 1.21 bits per heavy atom. The zero-order chi connectivity index (χ0) is 14.9. The van der Waals surface area contributed by atoms with Gasteiger partial charge in [0.1, 0.15) is 0 Å². The fourth-order valence-corrected chi connectivity index (χ4v) is 1.36. The van der Waals surface area contributed by atoms with E-state index in [1.54, 1.807) is 0 Å². The Morgan fingerprint density at radius 3 is 2.21 bits per heavy atom. The van der Waals surface area contributed by atoms with Crippen LogP contribution in [0.5, 0.6) is 0 Å². The van der Waals surface area contributed by atoms with Gasteiger partial charge in [0.15, 0.2) is 0 Å². The smallest absolute Gasteiger partial charge is 0.232 e. The molecule has 1 rings (SSSR count). The number of carbonyl (C=O) groups is 1. The Bertz CT molecular complexity index is 369. The highest BCUT2D eigenvalue weighted by atomic mass is 16.5. The largest absolute Gasteiger partial charge is 0.381 e. The third-order valence-electron chi connectivity index (χ3n) is 2.59. The lowest BCUT2D eigenvalue weighted by atomic mass is 9.93. The van der Waals surface area contributed by atoms with Crippen LogP contribution in [0.25, 0.3) is 0 Å². The summed E-state index contributed by atoms with van der Waals surface area (Å²) < 4.78 is 5.32. The van der Waals surface area contributed by atoms with Crippen LogP contribution in [0.1, 0.15) is 40.2 Å². The van der Waals surface area contributed by atoms with Gasteiger partial charge in [-0.15, -0.1) is 0 Å². The molecule has 0 heterocycles. The fourth-order valence-electron chi connectivity index (χ4n) is 1.36. The Morgan fingerprint density at radius 2 is 1.74 bits per heavy atom. The van der Waals surface area contributed by atoms with Crippen LogP contribution in [0, 0.1) is 12.3 Å². The molecule has 0 aliphatic rings. The van der Waals surface area contributed by atoms with Crippen molar-refractivity contribution in [3.05, 3.63) is 29.8 Å². The van der Waals surface area contributed by atoms with E-state index in [0.29, 0.717) is 13.2 Å². The summed E-state index contributed by atoms with van der Waals surface area (Å²) in [7, 11) is 0. The third kappa shape index (κ3) is 6.39. The molecule has 19 heavy (non-hydrogen) atoms. The van der Waals surface area contributed by atoms with E-state index in [-0.39, 0.29) is 5.91 Å². The lowest BCUT2D eigenvalue weighted by Crippen LogP contribution is -2.35. The van der Waals surface area contributed by atoms with Crippen LogP contribution < -0.4 is 5.32 Å². The number of benzene rings is 1. The first-order valence-electron chi connectivity index (χ1n) is 6.91. The molecule has 1 N–H and O–H groups in total. The standard InChI is InChI=1S/C14H21NO2.C2H6/c1-5-17-10-14(3,4)13(16)15-12-8-6-11(2)7-9-12;1-2/h6-9H,5,10H2,1-4H3,(H,15,16);1-2H3. The van der Waals surface area contributed by atoms with Crippen molar-refractivity contribution in [1.29, 1.82) is 0 Å². The normalized spacial score (nSPS) is 10.4. The molecule has 0 radical (unpaired) electrons. The highest BCUT2D eigenvalue weighted by Gasteiger charge is 2.27. The van der Waals surface area contributed by atoms with Crippen molar-refractivity contribution in [3.63, 3.8) is 0 Å². The number of carbonyl (C=O) groups excluding carboxylic acids is 1. The van der Waals surface area contributed by atoms with Crippen molar-refractivity contribution >= 4 is 11.6 Å². The Hall–Kier alpha value is -1.35. The predicted octanol–water partition coefficient (Wildman–Crippen LogP) is 4.02. The molecule has 0 saturated heterocycles. The molecule has 108 valence electrons. The van der Waals surface area contributed by atoms with E-state index < -0.39 is 5.41 Å². The van der Waals surface area contributed by atoms with Gasteiger partial charge in [0.2, 0.25) is 5.91 Å². The van der Waals surface area contributed by atoms with Crippen molar-refractivity contribution in [2.24, 2.45) is 5.41 Å². The summed E-state index contributed by atoms with van der Waals surface area (Å²) in [6.45, 7) is 12.8. The minimum Gasteiger partial charge on any atom is -0.381 e. The van der Waals surface area contributed by atoms with Gasteiger partial charge in [-0.2, -0.15) is 0 Å². The summed E-state index contributed by atoms with van der Waals surface area (Å²) in [4.78, 5) is 12.0. The van der Waals surface area contributed by atoms with Crippen molar-refractivity contribution < 1.29 is 9.53 Å². The zero-order valence-corrected chi connectivity index (χ0v) is 13.0.